The highest BCUT2D eigenvalue weighted by atomic mass is 16.5. The molecule has 4 rings (SSSR count). The van der Waals surface area contributed by atoms with Gasteiger partial charge in [0, 0.05) is 11.7 Å². The molecule has 112 valence electrons. The number of rotatable bonds is 4. The van der Waals surface area contributed by atoms with Crippen LogP contribution in [0.15, 0.2) is 30.9 Å². The van der Waals surface area contributed by atoms with Crippen LogP contribution in [-0.2, 0) is 0 Å². The van der Waals surface area contributed by atoms with E-state index in [0.29, 0.717) is 6.04 Å². The van der Waals surface area contributed by atoms with E-state index < -0.39 is 0 Å². The molecule has 1 aromatic carbocycles. The first kappa shape index (κ1) is 13.1. The van der Waals surface area contributed by atoms with Crippen LogP contribution in [0.25, 0.3) is 11.2 Å². The van der Waals surface area contributed by atoms with Crippen molar-refractivity contribution >= 4 is 22.7 Å². The summed E-state index contributed by atoms with van der Waals surface area (Å²) in [6, 6.07) is 6.45. The number of fused-ring (bicyclic) bond motifs is 1. The van der Waals surface area contributed by atoms with Crippen LogP contribution < -0.4 is 10.1 Å². The van der Waals surface area contributed by atoms with Gasteiger partial charge in [-0.1, -0.05) is 0 Å². The molecule has 0 spiro atoms. The lowest BCUT2D eigenvalue weighted by Gasteiger charge is -2.10. The van der Waals surface area contributed by atoms with Crippen molar-refractivity contribution in [3.05, 3.63) is 36.4 Å². The van der Waals surface area contributed by atoms with Crippen LogP contribution in [0.4, 0.5) is 11.5 Å². The zero-order valence-electron chi connectivity index (χ0n) is 12.6. The molecule has 6 heteroatoms. The molecular weight excluding hydrogens is 278 g/mol. The van der Waals surface area contributed by atoms with Gasteiger partial charge in [0.15, 0.2) is 17.0 Å². The van der Waals surface area contributed by atoms with Crippen LogP contribution >= 0.6 is 0 Å². The molecule has 22 heavy (non-hydrogen) atoms. The zero-order valence-corrected chi connectivity index (χ0v) is 12.6. The Kier molecular flexibility index (Phi) is 2.96. The lowest BCUT2D eigenvalue weighted by molar-refractivity contribution is 0.414. The molecule has 0 radical (unpaired) electrons. The summed E-state index contributed by atoms with van der Waals surface area (Å²) >= 11 is 0. The molecule has 2 heterocycles. The van der Waals surface area contributed by atoms with Crippen molar-refractivity contribution in [2.45, 2.75) is 25.8 Å². The Morgan fingerprint density at radius 1 is 1.23 bits per heavy atom. The lowest BCUT2D eigenvalue weighted by atomic mass is 10.2. The Morgan fingerprint density at radius 3 is 2.82 bits per heavy atom. The summed E-state index contributed by atoms with van der Waals surface area (Å²) in [6.07, 6.45) is 5.86. The van der Waals surface area contributed by atoms with Crippen LogP contribution in [0.3, 0.4) is 0 Å². The smallest absolute Gasteiger partial charge is 0.165 e. The molecule has 3 aromatic rings. The number of hydrogen-bond donors (Lipinski definition) is 1. The number of nitrogens with zero attached hydrogens (tertiary/aromatic N) is 4. The molecule has 0 aliphatic heterocycles. The third kappa shape index (κ3) is 2.16. The fourth-order valence-corrected chi connectivity index (χ4v) is 2.59. The number of methoxy groups -OCH3 is 1. The molecule has 1 fully saturated rings. The van der Waals surface area contributed by atoms with E-state index in [9.17, 15) is 0 Å². The highest BCUT2D eigenvalue weighted by Crippen LogP contribution is 2.37. The van der Waals surface area contributed by atoms with Gasteiger partial charge in [0.25, 0.3) is 0 Å². The minimum Gasteiger partial charge on any atom is -0.497 e. The summed E-state index contributed by atoms with van der Waals surface area (Å²) in [4.78, 5) is 13.2. The number of aryl methyl sites for hydroxylation is 1. The third-order valence-corrected chi connectivity index (χ3v) is 3.99. The number of anilines is 2. The molecule has 1 aliphatic carbocycles. The van der Waals surface area contributed by atoms with E-state index in [-0.39, 0.29) is 0 Å². The van der Waals surface area contributed by atoms with Gasteiger partial charge in [-0.25, -0.2) is 15.0 Å². The van der Waals surface area contributed by atoms with Crippen molar-refractivity contribution in [3.8, 4) is 5.75 Å². The first-order valence-electron chi connectivity index (χ1n) is 7.35. The molecular formula is C16H17N5O. The zero-order chi connectivity index (χ0) is 15.1. The summed E-state index contributed by atoms with van der Waals surface area (Å²) in [7, 11) is 1.67. The molecule has 6 nitrogen and oxygen atoms in total. The van der Waals surface area contributed by atoms with Crippen molar-refractivity contribution in [3.63, 3.8) is 0 Å². The van der Waals surface area contributed by atoms with Gasteiger partial charge in [0.2, 0.25) is 0 Å². The highest BCUT2D eigenvalue weighted by molar-refractivity contribution is 5.85. The predicted octanol–water partition coefficient (Wildman–Crippen LogP) is 3.22. The van der Waals surface area contributed by atoms with E-state index in [1.165, 1.54) is 12.8 Å². The van der Waals surface area contributed by atoms with Crippen LogP contribution in [0.5, 0.6) is 5.75 Å². The topological polar surface area (TPSA) is 64.9 Å². The predicted molar refractivity (Wildman–Crippen MR) is 84.6 cm³/mol. The van der Waals surface area contributed by atoms with E-state index in [1.54, 1.807) is 13.4 Å². The summed E-state index contributed by atoms with van der Waals surface area (Å²) in [5.74, 6) is 1.58. The van der Waals surface area contributed by atoms with Gasteiger partial charge < -0.3 is 14.6 Å². The first-order chi connectivity index (χ1) is 10.8. The number of ether oxygens (including phenoxy) is 1. The van der Waals surface area contributed by atoms with Gasteiger partial charge in [0.1, 0.15) is 12.1 Å². The van der Waals surface area contributed by atoms with E-state index in [4.69, 9.17) is 4.74 Å². The van der Waals surface area contributed by atoms with Gasteiger partial charge in [0.05, 0.1) is 13.4 Å². The Morgan fingerprint density at radius 2 is 2.09 bits per heavy atom. The van der Waals surface area contributed by atoms with E-state index >= 15 is 0 Å². The number of aromatic nitrogens is 4. The molecule has 0 unspecified atom stereocenters. The summed E-state index contributed by atoms with van der Waals surface area (Å²) in [5, 5.41) is 3.36. The quantitative estimate of drug-likeness (QED) is 0.800. The Hall–Kier alpha value is -2.63. The van der Waals surface area contributed by atoms with Crippen molar-refractivity contribution < 1.29 is 4.74 Å². The van der Waals surface area contributed by atoms with Gasteiger partial charge in [-0.3, -0.25) is 0 Å². The minimum atomic E-state index is 0.551. The molecule has 0 atom stereocenters. The maximum absolute atomic E-state index is 5.24. The second-order valence-corrected chi connectivity index (χ2v) is 5.58. The summed E-state index contributed by atoms with van der Waals surface area (Å²) in [6.45, 7) is 2.03. The summed E-state index contributed by atoms with van der Waals surface area (Å²) in [5.41, 5.74) is 3.78. The molecule has 0 saturated heterocycles. The number of nitrogens with one attached hydrogen (secondary N) is 1. The van der Waals surface area contributed by atoms with Crippen molar-refractivity contribution in [1.82, 2.24) is 19.5 Å². The fourth-order valence-electron chi connectivity index (χ4n) is 2.59. The number of imidazole rings is 1. The highest BCUT2D eigenvalue weighted by Gasteiger charge is 2.26. The second-order valence-electron chi connectivity index (χ2n) is 5.58. The van der Waals surface area contributed by atoms with Crippen LogP contribution in [-0.4, -0.2) is 26.6 Å². The fraction of sp³-hybridized carbons (Fsp3) is 0.312. The van der Waals surface area contributed by atoms with Crippen molar-refractivity contribution in [2.75, 3.05) is 12.4 Å². The lowest BCUT2D eigenvalue weighted by Crippen LogP contribution is -1.99. The van der Waals surface area contributed by atoms with Crippen LogP contribution in [0.1, 0.15) is 24.4 Å². The Labute approximate surface area is 128 Å². The first-order valence-corrected chi connectivity index (χ1v) is 7.35. The third-order valence-electron chi connectivity index (χ3n) is 3.99. The van der Waals surface area contributed by atoms with Gasteiger partial charge >= 0.3 is 0 Å². The van der Waals surface area contributed by atoms with Crippen LogP contribution in [0, 0.1) is 6.92 Å². The minimum absolute atomic E-state index is 0.551. The van der Waals surface area contributed by atoms with Gasteiger partial charge in [-0.15, -0.1) is 0 Å². The maximum atomic E-state index is 5.24. The normalized spacial score (nSPS) is 14.3. The van der Waals surface area contributed by atoms with E-state index in [1.807, 2.05) is 31.5 Å². The van der Waals surface area contributed by atoms with Crippen LogP contribution in [0.2, 0.25) is 0 Å². The molecule has 2 aromatic heterocycles. The average Bonchev–Trinajstić information content (AvgIpc) is 3.28. The molecule has 0 amide bonds. The van der Waals surface area contributed by atoms with Gasteiger partial charge in [-0.2, -0.15) is 0 Å². The molecule has 1 N–H and O–H groups in total. The van der Waals surface area contributed by atoms with Crippen molar-refractivity contribution in [2.24, 2.45) is 0 Å². The SMILES string of the molecule is COc1ccc(Nc2ncnc3c2ncn3C2CC2)c(C)c1. The molecule has 1 aliphatic rings. The molecule has 0 bridgehead atoms. The van der Waals surface area contributed by atoms with E-state index in [2.05, 4.69) is 24.8 Å². The molecule has 1 saturated carbocycles. The standard InChI is InChI=1S/C16H17N5O/c1-10-7-12(22-2)5-6-13(10)20-15-14-16(18-8-17-15)21(9-19-14)11-3-4-11/h5-9,11H,3-4H2,1-2H3,(H,17,18,20). The number of benzene rings is 1. The largest absolute Gasteiger partial charge is 0.497 e. The maximum Gasteiger partial charge on any atom is 0.165 e. The van der Waals surface area contributed by atoms with E-state index in [0.717, 1.165) is 34.0 Å². The Bertz CT molecular complexity index is 838. The average molecular weight is 295 g/mol. The Balaban J connectivity index is 1.72. The van der Waals surface area contributed by atoms with Gasteiger partial charge in [-0.05, 0) is 43.5 Å². The monoisotopic (exact) mass is 295 g/mol. The second kappa shape index (κ2) is 4.98. The van der Waals surface area contributed by atoms with Crippen molar-refractivity contribution in [1.29, 1.82) is 0 Å². The number of hydrogen-bond acceptors (Lipinski definition) is 5. The summed E-state index contributed by atoms with van der Waals surface area (Å²) < 4.78 is 7.38.